The predicted octanol–water partition coefficient (Wildman–Crippen LogP) is 1.89. The van der Waals surface area contributed by atoms with Gasteiger partial charge < -0.3 is 14.8 Å². The average Bonchev–Trinajstić information content (AvgIpc) is 2.99. The maximum Gasteiger partial charge on any atom is 0.220 e. The summed E-state index contributed by atoms with van der Waals surface area (Å²) >= 11 is 0. The van der Waals surface area contributed by atoms with Crippen LogP contribution in [0.3, 0.4) is 0 Å². The summed E-state index contributed by atoms with van der Waals surface area (Å²) in [5, 5.41) is 2.97. The number of hydrogen-bond donors (Lipinski definition) is 1. The summed E-state index contributed by atoms with van der Waals surface area (Å²) in [5.74, 6) is 0.115. The summed E-state index contributed by atoms with van der Waals surface area (Å²) in [6.45, 7) is 2.35. The molecule has 0 unspecified atom stereocenters. The number of nitrogens with one attached hydrogen (secondary N) is 1. The number of amides is 1. The second kappa shape index (κ2) is 8.34. The maximum absolute atomic E-state index is 11.7. The summed E-state index contributed by atoms with van der Waals surface area (Å²) in [4.78, 5) is 17.9. The third-order valence-corrected chi connectivity index (χ3v) is 3.45. The Morgan fingerprint density at radius 3 is 2.59 bits per heavy atom. The van der Waals surface area contributed by atoms with Gasteiger partial charge in [-0.3, -0.25) is 4.79 Å². The van der Waals surface area contributed by atoms with Gasteiger partial charge in [-0.2, -0.15) is 0 Å². The SMILES string of the molecule is CN(C)CCCC(=O)NCc1ccc(Cn2ccnc2)cc1. The van der Waals surface area contributed by atoms with Gasteiger partial charge in [-0.1, -0.05) is 24.3 Å². The molecule has 1 aromatic heterocycles. The zero-order valence-electron chi connectivity index (χ0n) is 13.3. The van der Waals surface area contributed by atoms with Crippen molar-refractivity contribution in [3.63, 3.8) is 0 Å². The standard InChI is InChI=1S/C17H24N4O/c1-20(2)10-3-4-17(22)19-12-15-5-7-16(8-6-15)13-21-11-9-18-14-21/h5-9,11,14H,3-4,10,12-13H2,1-2H3,(H,19,22). The number of carbonyl (C=O) groups excluding carboxylic acids is 1. The third-order valence-electron chi connectivity index (χ3n) is 3.45. The summed E-state index contributed by atoms with van der Waals surface area (Å²) in [6.07, 6.45) is 7.00. The molecule has 0 saturated carbocycles. The molecule has 0 fully saturated rings. The van der Waals surface area contributed by atoms with Crippen molar-refractivity contribution in [1.29, 1.82) is 0 Å². The Bertz CT molecular complexity index is 561. The second-order valence-corrected chi connectivity index (χ2v) is 5.74. The summed E-state index contributed by atoms with van der Waals surface area (Å²) in [6, 6.07) is 8.31. The van der Waals surface area contributed by atoms with Gasteiger partial charge >= 0.3 is 0 Å². The van der Waals surface area contributed by atoms with E-state index in [1.165, 1.54) is 5.56 Å². The summed E-state index contributed by atoms with van der Waals surface area (Å²) < 4.78 is 2.03. The van der Waals surface area contributed by atoms with E-state index in [1.807, 2.05) is 31.2 Å². The second-order valence-electron chi connectivity index (χ2n) is 5.74. The number of imidazole rings is 1. The smallest absolute Gasteiger partial charge is 0.220 e. The van der Waals surface area contributed by atoms with Crippen LogP contribution in [-0.4, -0.2) is 41.0 Å². The van der Waals surface area contributed by atoms with Gasteiger partial charge in [0.05, 0.1) is 6.33 Å². The van der Waals surface area contributed by atoms with Gasteiger partial charge in [-0.25, -0.2) is 4.98 Å². The van der Waals surface area contributed by atoms with Crippen LogP contribution in [-0.2, 0) is 17.9 Å². The van der Waals surface area contributed by atoms with E-state index in [0.29, 0.717) is 13.0 Å². The van der Waals surface area contributed by atoms with Crippen LogP contribution in [0.1, 0.15) is 24.0 Å². The predicted molar refractivity (Wildman–Crippen MR) is 87.4 cm³/mol. The van der Waals surface area contributed by atoms with Crippen LogP contribution < -0.4 is 5.32 Å². The van der Waals surface area contributed by atoms with E-state index in [0.717, 1.165) is 25.1 Å². The third kappa shape index (κ3) is 5.69. The quantitative estimate of drug-likeness (QED) is 0.810. The van der Waals surface area contributed by atoms with Crippen LogP contribution in [0.5, 0.6) is 0 Å². The fourth-order valence-electron chi connectivity index (χ4n) is 2.20. The molecular weight excluding hydrogens is 276 g/mol. The normalized spacial score (nSPS) is 10.9. The van der Waals surface area contributed by atoms with Crippen LogP contribution in [0.2, 0.25) is 0 Å². The molecule has 0 aliphatic rings. The van der Waals surface area contributed by atoms with Crippen molar-refractivity contribution >= 4 is 5.91 Å². The number of hydrogen-bond acceptors (Lipinski definition) is 3. The molecule has 0 spiro atoms. The molecule has 0 aliphatic carbocycles. The Morgan fingerprint density at radius 1 is 1.23 bits per heavy atom. The molecule has 0 radical (unpaired) electrons. The van der Waals surface area contributed by atoms with E-state index in [1.54, 1.807) is 6.20 Å². The monoisotopic (exact) mass is 300 g/mol. The van der Waals surface area contributed by atoms with E-state index < -0.39 is 0 Å². The molecule has 5 nitrogen and oxygen atoms in total. The largest absolute Gasteiger partial charge is 0.352 e. The molecule has 22 heavy (non-hydrogen) atoms. The fourth-order valence-corrected chi connectivity index (χ4v) is 2.20. The fraction of sp³-hybridized carbons (Fsp3) is 0.412. The van der Waals surface area contributed by atoms with Gasteiger partial charge in [0.25, 0.3) is 0 Å². The minimum absolute atomic E-state index is 0.115. The molecule has 2 aromatic rings. The van der Waals surface area contributed by atoms with Gasteiger partial charge in [-0.15, -0.1) is 0 Å². The lowest BCUT2D eigenvalue weighted by Crippen LogP contribution is -2.24. The lowest BCUT2D eigenvalue weighted by atomic mass is 10.1. The van der Waals surface area contributed by atoms with Gasteiger partial charge in [0.1, 0.15) is 0 Å². The number of aromatic nitrogens is 2. The van der Waals surface area contributed by atoms with E-state index >= 15 is 0 Å². The van der Waals surface area contributed by atoms with Crippen LogP contribution in [0, 0.1) is 0 Å². The molecular formula is C17H24N4O. The van der Waals surface area contributed by atoms with Crippen LogP contribution in [0.25, 0.3) is 0 Å². The average molecular weight is 300 g/mol. The number of nitrogens with zero attached hydrogens (tertiary/aromatic N) is 3. The maximum atomic E-state index is 11.7. The Balaban J connectivity index is 1.73. The summed E-state index contributed by atoms with van der Waals surface area (Å²) in [7, 11) is 4.03. The molecule has 1 N–H and O–H groups in total. The highest BCUT2D eigenvalue weighted by atomic mass is 16.1. The molecule has 2 rings (SSSR count). The number of carbonyl (C=O) groups is 1. The first-order valence-electron chi connectivity index (χ1n) is 7.58. The highest BCUT2D eigenvalue weighted by molar-refractivity contribution is 5.75. The van der Waals surface area contributed by atoms with E-state index in [-0.39, 0.29) is 5.91 Å². The lowest BCUT2D eigenvalue weighted by molar-refractivity contribution is -0.121. The Hall–Kier alpha value is -2.14. The van der Waals surface area contributed by atoms with Crippen molar-refractivity contribution < 1.29 is 4.79 Å². The van der Waals surface area contributed by atoms with Crippen molar-refractivity contribution in [1.82, 2.24) is 19.8 Å². The molecule has 1 amide bonds. The van der Waals surface area contributed by atoms with Gasteiger partial charge in [0.15, 0.2) is 0 Å². The van der Waals surface area contributed by atoms with Gasteiger partial charge in [-0.05, 0) is 38.2 Å². The molecule has 118 valence electrons. The van der Waals surface area contributed by atoms with Crippen molar-refractivity contribution in [2.45, 2.75) is 25.9 Å². The minimum atomic E-state index is 0.115. The Labute approximate surface area is 132 Å². The lowest BCUT2D eigenvalue weighted by Gasteiger charge is -2.09. The first-order valence-corrected chi connectivity index (χ1v) is 7.58. The van der Waals surface area contributed by atoms with Gasteiger partial charge in [0.2, 0.25) is 5.91 Å². The molecule has 0 aliphatic heterocycles. The zero-order chi connectivity index (χ0) is 15.8. The number of rotatable bonds is 8. The van der Waals surface area contributed by atoms with Gasteiger partial charge in [0, 0.05) is 31.9 Å². The van der Waals surface area contributed by atoms with Crippen LogP contribution in [0.4, 0.5) is 0 Å². The zero-order valence-corrected chi connectivity index (χ0v) is 13.3. The topological polar surface area (TPSA) is 50.2 Å². The van der Waals surface area contributed by atoms with Crippen LogP contribution >= 0.6 is 0 Å². The van der Waals surface area contributed by atoms with Crippen molar-refractivity contribution in [2.24, 2.45) is 0 Å². The molecule has 0 bridgehead atoms. The van der Waals surface area contributed by atoms with E-state index in [9.17, 15) is 4.79 Å². The molecule has 0 atom stereocenters. The van der Waals surface area contributed by atoms with Crippen molar-refractivity contribution in [3.8, 4) is 0 Å². The molecule has 1 aromatic carbocycles. The number of benzene rings is 1. The molecule has 0 saturated heterocycles. The Morgan fingerprint density at radius 2 is 1.95 bits per heavy atom. The van der Waals surface area contributed by atoms with E-state index in [4.69, 9.17) is 0 Å². The minimum Gasteiger partial charge on any atom is -0.352 e. The molecule has 5 heteroatoms. The Kier molecular flexibility index (Phi) is 6.15. The van der Waals surface area contributed by atoms with Crippen LogP contribution in [0.15, 0.2) is 43.0 Å². The van der Waals surface area contributed by atoms with Crippen molar-refractivity contribution in [2.75, 3.05) is 20.6 Å². The highest BCUT2D eigenvalue weighted by Crippen LogP contribution is 2.06. The summed E-state index contributed by atoms with van der Waals surface area (Å²) in [5.41, 5.74) is 2.34. The first kappa shape index (κ1) is 16.2. The highest BCUT2D eigenvalue weighted by Gasteiger charge is 2.02. The first-order chi connectivity index (χ1) is 10.6. The molecule has 1 heterocycles. The van der Waals surface area contributed by atoms with Crippen molar-refractivity contribution in [3.05, 3.63) is 54.1 Å². The van der Waals surface area contributed by atoms with E-state index in [2.05, 4.69) is 39.5 Å².